The number of fused-ring (bicyclic) bond motifs is 3. The third-order valence-electron chi connectivity index (χ3n) is 4.22. The van der Waals surface area contributed by atoms with E-state index in [1.807, 2.05) is 30.3 Å². The fraction of sp³-hybridized carbons (Fsp3) is 0.200. The molecule has 120 valence electrons. The van der Waals surface area contributed by atoms with Gasteiger partial charge in [-0.05, 0) is 34.8 Å². The van der Waals surface area contributed by atoms with Crippen LogP contribution in [0, 0.1) is 0 Å². The molecular formula is C20H18N2OS. The van der Waals surface area contributed by atoms with Crippen LogP contribution in [-0.2, 0) is 5.41 Å². The molecule has 0 bridgehead atoms. The molecule has 0 N–H and O–H groups in total. The van der Waals surface area contributed by atoms with E-state index in [0.717, 1.165) is 21.6 Å². The lowest BCUT2D eigenvalue weighted by atomic mass is 9.87. The molecule has 2 heterocycles. The molecule has 0 fully saturated rings. The SMILES string of the molecule is CC(C)(C)c1ccc(C=c2sc3nc4ccccc4n3c2=O)cc1. The number of hydrogen-bond donors (Lipinski definition) is 0. The molecule has 0 saturated carbocycles. The molecule has 4 rings (SSSR count). The summed E-state index contributed by atoms with van der Waals surface area (Å²) in [4.78, 5) is 18.0. The Morgan fingerprint density at radius 3 is 2.46 bits per heavy atom. The fourth-order valence-corrected chi connectivity index (χ4v) is 3.83. The molecule has 0 spiro atoms. The zero-order chi connectivity index (χ0) is 16.9. The highest BCUT2D eigenvalue weighted by molar-refractivity contribution is 7.15. The molecule has 2 aromatic carbocycles. The molecular weight excluding hydrogens is 316 g/mol. The van der Waals surface area contributed by atoms with Crippen LogP contribution in [-0.4, -0.2) is 9.38 Å². The van der Waals surface area contributed by atoms with Gasteiger partial charge in [0, 0.05) is 0 Å². The minimum absolute atomic E-state index is 0.00333. The Kier molecular flexibility index (Phi) is 3.32. The molecule has 4 heteroatoms. The highest BCUT2D eigenvalue weighted by atomic mass is 32.1. The summed E-state index contributed by atoms with van der Waals surface area (Å²) < 4.78 is 2.42. The van der Waals surface area contributed by atoms with E-state index >= 15 is 0 Å². The molecule has 2 aromatic heterocycles. The first kappa shape index (κ1) is 15.1. The highest BCUT2D eigenvalue weighted by Gasteiger charge is 2.13. The number of hydrogen-bond acceptors (Lipinski definition) is 3. The van der Waals surface area contributed by atoms with E-state index in [4.69, 9.17) is 0 Å². The van der Waals surface area contributed by atoms with Crippen LogP contribution < -0.4 is 10.1 Å². The first-order valence-electron chi connectivity index (χ1n) is 7.96. The van der Waals surface area contributed by atoms with E-state index in [0.29, 0.717) is 4.53 Å². The maximum Gasteiger partial charge on any atom is 0.274 e. The van der Waals surface area contributed by atoms with Gasteiger partial charge in [0.15, 0.2) is 4.96 Å². The van der Waals surface area contributed by atoms with Crippen molar-refractivity contribution in [3.05, 3.63) is 74.5 Å². The molecule has 0 aliphatic rings. The summed E-state index contributed by atoms with van der Waals surface area (Å²) in [6.45, 7) is 6.59. The molecule has 3 nitrogen and oxygen atoms in total. The van der Waals surface area contributed by atoms with Crippen LogP contribution in [0.15, 0.2) is 53.3 Å². The maximum absolute atomic E-state index is 12.7. The van der Waals surface area contributed by atoms with Crippen molar-refractivity contribution in [1.82, 2.24) is 9.38 Å². The van der Waals surface area contributed by atoms with Gasteiger partial charge in [0.05, 0.1) is 15.6 Å². The molecule has 24 heavy (non-hydrogen) atoms. The van der Waals surface area contributed by atoms with Crippen molar-refractivity contribution in [3.63, 3.8) is 0 Å². The second kappa shape index (κ2) is 5.28. The molecule has 0 aliphatic heterocycles. The summed E-state index contributed by atoms with van der Waals surface area (Å²) in [5.74, 6) is 0. The van der Waals surface area contributed by atoms with Gasteiger partial charge in [-0.3, -0.25) is 4.79 Å². The van der Waals surface area contributed by atoms with Gasteiger partial charge in [-0.25, -0.2) is 9.38 Å². The Morgan fingerprint density at radius 2 is 1.75 bits per heavy atom. The lowest BCUT2D eigenvalue weighted by molar-refractivity contribution is 0.590. The number of benzene rings is 2. The van der Waals surface area contributed by atoms with Gasteiger partial charge in [-0.2, -0.15) is 0 Å². The Balaban J connectivity index is 1.86. The second-order valence-corrected chi connectivity index (χ2v) is 8.02. The topological polar surface area (TPSA) is 34.4 Å². The van der Waals surface area contributed by atoms with Crippen molar-refractivity contribution in [3.8, 4) is 0 Å². The van der Waals surface area contributed by atoms with Crippen molar-refractivity contribution in [2.75, 3.05) is 0 Å². The van der Waals surface area contributed by atoms with E-state index < -0.39 is 0 Å². The summed E-state index contributed by atoms with van der Waals surface area (Å²) >= 11 is 1.44. The van der Waals surface area contributed by atoms with Crippen LogP contribution in [0.4, 0.5) is 0 Å². The zero-order valence-electron chi connectivity index (χ0n) is 13.9. The molecule has 0 radical (unpaired) electrons. The molecule has 0 saturated heterocycles. The lowest BCUT2D eigenvalue weighted by Gasteiger charge is -2.18. The monoisotopic (exact) mass is 334 g/mol. The van der Waals surface area contributed by atoms with Gasteiger partial charge in [0.2, 0.25) is 0 Å². The predicted octanol–water partition coefficient (Wildman–Crippen LogP) is 3.75. The summed E-state index contributed by atoms with van der Waals surface area (Å²) in [6, 6.07) is 16.1. The molecule has 4 aromatic rings. The zero-order valence-corrected chi connectivity index (χ0v) is 14.7. The van der Waals surface area contributed by atoms with Gasteiger partial charge < -0.3 is 0 Å². The Hall–Kier alpha value is -2.46. The third kappa shape index (κ3) is 2.43. The maximum atomic E-state index is 12.7. The summed E-state index contributed by atoms with van der Waals surface area (Å²) in [5.41, 5.74) is 4.19. The fourth-order valence-electron chi connectivity index (χ4n) is 2.84. The minimum atomic E-state index is 0.00333. The number of aromatic nitrogens is 2. The average Bonchev–Trinajstić information content (AvgIpc) is 3.04. The van der Waals surface area contributed by atoms with Crippen LogP contribution in [0.25, 0.3) is 22.1 Å². The van der Waals surface area contributed by atoms with Gasteiger partial charge in [0.1, 0.15) is 0 Å². The molecule has 0 amide bonds. The lowest BCUT2D eigenvalue weighted by Crippen LogP contribution is -2.22. The van der Waals surface area contributed by atoms with Gasteiger partial charge >= 0.3 is 0 Å². The highest BCUT2D eigenvalue weighted by Crippen LogP contribution is 2.22. The quantitative estimate of drug-likeness (QED) is 0.531. The van der Waals surface area contributed by atoms with Crippen LogP contribution in [0.5, 0.6) is 0 Å². The van der Waals surface area contributed by atoms with Crippen molar-refractivity contribution >= 4 is 33.4 Å². The third-order valence-corrected chi connectivity index (χ3v) is 5.19. The van der Waals surface area contributed by atoms with Crippen LogP contribution >= 0.6 is 11.3 Å². The number of thiazole rings is 1. The largest absolute Gasteiger partial charge is 0.274 e. The standard InChI is InChI=1S/C20H18N2OS/c1-20(2,3)14-10-8-13(9-11-14)12-17-18(23)22-16-7-5-4-6-15(16)21-19(22)24-17/h4-12H,1-3H3. The van der Waals surface area contributed by atoms with E-state index in [-0.39, 0.29) is 11.0 Å². The number of para-hydroxylation sites is 2. The van der Waals surface area contributed by atoms with Crippen molar-refractivity contribution in [2.45, 2.75) is 26.2 Å². The number of imidazole rings is 1. The van der Waals surface area contributed by atoms with Crippen molar-refractivity contribution in [1.29, 1.82) is 0 Å². The van der Waals surface area contributed by atoms with Crippen molar-refractivity contribution < 1.29 is 0 Å². The molecule has 0 aliphatic carbocycles. The first-order valence-corrected chi connectivity index (χ1v) is 8.77. The second-order valence-electron chi connectivity index (χ2n) is 7.01. The Morgan fingerprint density at radius 1 is 1.04 bits per heavy atom. The van der Waals surface area contributed by atoms with Gasteiger partial charge in [-0.1, -0.05) is 68.5 Å². The summed E-state index contributed by atoms with van der Waals surface area (Å²) in [7, 11) is 0. The van der Waals surface area contributed by atoms with E-state index in [1.54, 1.807) is 4.40 Å². The predicted molar refractivity (Wildman–Crippen MR) is 101 cm³/mol. The average molecular weight is 334 g/mol. The normalized spacial score (nSPS) is 13.2. The Bertz CT molecular complexity index is 1140. The molecule has 0 atom stereocenters. The van der Waals surface area contributed by atoms with Crippen LogP contribution in [0.1, 0.15) is 31.9 Å². The number of rotatable bonds is 1. The van der Waals surface area contributed by atoms with Gasteiger partial charge in [-0.15, -0.1) is 0 Å². The van der Waals surface area contributed by atoms with Crippen LogP contribution in [0.3, 0.4) is 0 Å². The minimum Gasteiger partial charge on any atom is -0.267 e. The van der Waals surface area contributed by atoms with Crippen LogP contribution in [0.2, 0.25) is 0 Å². The summed E-state index contributed by atoms with van der Waals surface area (Å²) in [6.07, 6.45) is 1.95. The smallest absolute Gasteiger partial charge is 0.267 e. The first-order chi connectivity index (χ1) is 11.4. The van der Waals surface area contributed by atoms with Gasteiger partial charge in [0.25, 0.3) is 5.56 Å². The van der Waals surface area contributed by atoms with E-state index in [1.165, 1.54) is 16.9 Å². The van der Waals surface area contributed by atoms with E-state index in [2.05, 4.69) is 50.0 Å². The summed E-state index contributed by atoms with van der Waals surface area (Å²) in [5, 5.41) is 0. The van der Waals surface area contributed by atoms with Crippen molar-refractivity contribution in [2.24, 2.45) is 0 Å². The molecule has 0 unspecified atom stereocenters. The Labute approximate surface area is 143 Å². The van der Waals surface area contributed by atoms with E-state index in [9.17, 15) is 4.79 Å². The number of nitrogens with zero attached hydrogens (tertiary/aromatic N) is 2.